The lowest BCUT2D eigenvalue weighted by atomic mass is 10.0. The average Bonchev–Trinajstić information content (AvgIpc) is 3.38. The number of rotatable bonds is 6. The van der Waals surface area contributed by atoms with E-state index < -0.39 is 6.04 Å². The van der Waals surface area contributed by atoms with Crippen molar-refractivity contribution >= 4 is 28.1 Å². The van der Waals surface area contributed by atoms with Crippen molar-refractivity contribution in [3.63, 3.8) is 0 Å². The number of pyridine rings is 1. The molecule has 162 valence electrons. The van der Waals surface area contributed by atoms with Gasteiger partial charge in [-0.3, -0.25) is 9.78 Å². The minimum Gasteiger partial charge on any atom is -0.371 e. The highest BCUT2D eigenvalue weighted by atomic mass is 16.2. The van der Waals surface area contributed by atoms with Crippen LogP contribution >= 0.6 is 0 Å². The number of piperidine rings is 1. The third-order valence-electron chi connectivity index (χ3n) is 6.01. The van der Waals surface area contributed by atoms with Crippen LogP contribution in [0, 0.1) is 0 Å². The largest absolute Gasteiger partial charge is 0.371 e. The number of carbonyl (C=O) groups excluding carboxylic acids is 1. The number of hydrogen-bond acceptors (Lipinski definition) is 6. The summed E-state index contributed by atoms with van der Waals surface area (Å²) in [5.74, 6) is -0.169. The Morgan fingerprint density at radius 1 is 1.00 bits per heavy atom. The highest BCUT2D eigenvalue weighted by Crippen LogP contribution is 2.33. The molecular formula is C24H25N7O. The maximum atomic E-state index is 13.4. The Hall–Kier alpha value is -3.81. The van der Waals surface area contributed by atoms with Crippen LogP contribution < -0.4 is 10.2 Å². The first-order valence-corrected chi connectivity index (χ1v) is 11.0. The minimum absolute atomic E-state index is 0.169. The lowest BCUT2D eigenvalue weighted by Crippen LogP contribution is -2.30. The Balaban J connectivity index is 1.45. The second-order valence-corrected chi connectivity index (χ2v) is 8.09. The predicted octanol–water partition coefficient (Wildman–Crippen LogP) is 3.63. The standard InChI is InChI=1S/C24H25N7O/c32-24(23(31-17-26-28-29-31)15-18-7-3-1-4-8-18)27-21-9-10-22(30-13-5-2-6-14-30)19-11-12-25-16-20(19)21/h1,3-4,7-12,16-17,23H,2,5-6,13-15H2,(H,27,32)/t23-/m0/s1. The van der Waals surface area contributed by atoms with Crippen molar-refractivity contribution < 1.29 is 4.79 Å². The maximum Gasteiger partial charge on any atom is 0.249 e. The number of nitrogens with zero attached hydrogens (tertiary/aromatic N) is 6. The Labute approximate surface area is 186 Å². The quantitative estimate of drug-likeness (QED) is 0.505. The molecular weight excluding hydrogens is 402 g/mol. The molecule has 1 atom stereocenters. The number of benzene rings is 2. The van der Waals surface area contributed by atoms with Gasteiger partial charge in [-0.15, -0.1) is 5.10 Å². The van der Waals surface area contributed by atoms with E-state index in [1.165, 1.54) is 36.0 Å². The van der Waals surface area contributed by atoms with Crippen molar-refractivity contribution in [1.29, 1.82) is 0 Å². The lowest BCUT2D eigenvalue weighted by Gasteiger charge is -2.30. The van der Waals surface area contributed by atoms with Crippen molar-refractivity contribution in [2.45, 2.75) is 31.7 Å². The summed E-state index contributed by atoms with van der Waals surface area (Å²) < 4.78 is 1.50. The normalized spacial score (nSPS) is 14.9. The van der Waals surface area contributed by atoms with Gasteiger partial charge in [0.2, 0.25) is 5.91 Å². The van der Waals surface area contributed by atoms with E-state index in [-0.39, 0.29) is 5.91 Å². The van der Waals surface area contributed by atoms with Crippen LogP contribution in [0.2, 0.25) is 0 Å². The third kappa shape index (κ3) is 4.16. The number of aromatic nitrogens is 5. The number of hydrogen-bond donors (Lipinski definition) is 1. The number of carbonyl (C=O) groups is 1. The first-order chi connectivity index (χ1) is 15.8. The smallest absolute Gasteiger partial charge is 0.249 e. The van der Waals surface area contributed by atoms with Gasteiger partial charge in [-0.05, 0) is 53.5 Å². The van der Waals surface area contributed by atoms with Crippen molar-refractivity contribution in [1.82, 2.24) is 25.2 Å². The SMILES string of the molecule is O=C(Nc1ccc(N2CCCCC2)c2ccncc12)[C@H](Cc1ccccc1)n1cnnn1. The molecule has 0 bridgehead atoms. The molecule has 0 saturated carbocycles. The van der Waals surface area contributed by atoms with Crippen LogP contribution in [0.3, 0.4) is 0 Å². The second-order valence-electron chi connectivity index (χ2n) is 8.09. The van der Waals surface area contributed by atoms with E-state index in [1.54, 1.807) is 6.20 Å². The van der Waals surface area contributed by atoms with Gasteiger partial charge < -0.3 is 10.2 Å². The summed E-state index contributed by atoms with van der Waals surface area (Å²) in [7, 11) is 0. The molecule has 5 rings (SSSR count). The zero-order valence-electron chi connectivity index (χ0n) is 17.8. The van der Waals surface area contributed by atoms with Gasteiger partial charge in [0.15, 0.2) is 0 Å². The van der Waals surface area contributed by atoms with Gasteiger partial charge in [0.1, 0.15) is 12.4 Å². The Kier molecular flexibility index (Phi) is 5.74. The molecule has 0 radical (unpaired) electrons. The zero-order chi connectivity index (χ0) is 21.8. The fourth-order valence-electron chi connectivity index (χ4n) is 4.36. The van der Waals surface area contributed by atoms with E-state index >= 15 is 0 Å². The van der Waals surface area contributed by atoms with E-state index in [2.05, 4.69) is 36.8 Å². The monoisotopic (exact) mass is 427 g/mol. The molecule has 2 aromatic carbocycles. The van der Waals surface area contributed by atoms with Crippen LogP contribution in [-0.2, 0) is 11.2 Å². The van der Waals surface area contributed by atoms with Crippen LogP contribution in [0.1, 0.15) is 30.9 Å². The molecule has 1 fully saturated rings. The van der Waals surface area contributed by atoms with Crippen molar-refractivity contribution in [3.05, 3.63) is 72.8 Å². The molecule has 1 N–H and O–H groups in total. The number of tetrazole rings is 1. The molecule has 0 unspecified atom stereocenters. The van der Waals surface area contributed by atoms with E-state index in [4.69, 9.17) is 0 Å². The van der Waals surface area contributed by atoms with E-state index in [1.807, 2.05) is 48.7 Å². The van der Waals surface area contributed by atoms with Crippen molar-refractivity contribution in [2.75, 3.05) is 23.3 Å². The summed E-state index contributed by atoms with van der Waals surface area (Å²) in [6, 6.07) is 15.4. The van der Waals surface area contributed by atoms with E-state index in [0.717, 1.165) is 35.1 Å². The molecule has 1 aliphatic heterocycles. The van der Waals surface area contributed by atoms with Crippen molar-refractivity contribution in [2.24, 2.45) is 0 Å². The van der Waals surface area contributed by atoms with Gasteiger partial charge >= 0.3 is 0 Å². The molecule has 0 aliphatic carbocycles. The fourth-order valence-corrected chi connectivity index (χ4v) is 4.36. The van der Waals surface area contributed by atoms with Crippen LogP contribution in [0.4, 0.5) is 11.4 Å². The Morgan fingerprint density at radius 2 is 1.84 bits per heavy atom. The van der Waals surface area contributed by atoms with Gasteiger partial charge in [-0.25, -0.2) is 4.68 Å². The Bertz CT molecular complexity index is 1190. The zero-order valence-corrected chi connectivity index (χ0v) is 17.8. The average molecular weight is 428 g/mol. The fraction of sp³-hybridized carbons (Fsp3) is 0.292. The summed E-state index contributed by atoms with van der Waals surface area (Å²) in [6.07, 6.45) is 9.29. The van der Waals surface area contributed by atoms with Gasteiger partial charge in [-0.1, -0.05) is 30.3 Å². The molecule has 8 nitrogen and oxygen atoms in total. The molecule has 1 saturated heterocycles. The molecule has 0 spiro atoms. The molecule has 4 aromatic rings. The minimum atomic E-state index is -0.569. The van der Waals surface area contributed by atoms with Crippen molar-refractivity contribution in [3.8, 4) is 0 Å². The molecule has 1 aliphatic rings. The number of amides is 1. The van der Waals surface area contributed by atoms with Crippen LogP contribution in [-0.4, -0.2) is 44.2 Å². The number of fused-ring (bicyclic) bond motifs is 1. The highest BCUT2D eigenvalue weighted by molar-refractivity contribution is 6.07. The Morgan fingerprint density at radius 3 is 2.62 bits per heavy atom. The third-order valence-corrected chi connectivity index (χ3v) is 6.01. The van der Waals surface area contributed by atoms with E-state index in [0.29, 0.717) is 6.42 Å². The number of anilines is 2. The van der Waals surface area contributed by atoms with Gasteiger partial charge in [-0.2, -0.15) is 0 Å². The second kappa shape index (κ2) is 9.13. The topological polar surface area (TPSA) is 88.8 Å². The van der Waals surface area contributed by atoms with Gasteiger partial charge in [0.05, 0.1) is 5.69 Å². The molecule has 2 aromatic heterocycles. The maximum absolute atomic E-state index is 13.4. The van der Waals surface area contributed by atoms with Crippen LogP contribution in [0.25, 0.3) is 10.8 Å². The summed E-state index contributed by atoms with van der Waals surface area (Å²) in [5, 5.41) is 16.6. The van der Waals surface area contributed by atoms with Gasteiger partial charge in [0, 0.05) is 48.4 Å². The predicted molar refractivity (Wildman–Crippen MR) is 123 cm³/mol. The first-order valence-electron chi connectivity index (χ1n) is 11.0. The van der Waals surface area contributed by atoms with Gasteiger partial charge in [0.25, 0.3) is 0 Å². The first kappa shape index (κ1) is 20.1. The summed E-state index contributed by atoms with van der Waals surface area (Å²) in [4.78, 5) is 20.1. The molecule has 32 heavy (non-hydrogen) atoms. The summed E-state index contributed by atoms with van der Waals surface area (Å²) in [6.45, 7) is 2.11. The van der Waals surface area contributed by atoms with Crippen LogP contribution in [0.15, 0.2) is 67.3 Å². The summed E-state index contributed by atoms with van der Waals surface area (Å²) in [5.41, 5.74) is 2.97. The van der Waals surface area contributed by atoms with Crippen LogP contribution in [0.5, 0.6) is 0 Å². The molecule has 8 heteroatoms. The highest BCUT2D eigenvalue weighted by Gasteiger charge is 2.24. The molecule has 1 amide bonds. The number of nitrogens with one attached hydrogen (secondary N) is 1. The summed E-state index contributed by atoms with van der Waals surface area (Å²) >= 11 is 0. The lowest BCUT2D eigenvalue weighted by molar-refractivity contribution is -0.119. The van der Waals surface area contributed by atoms with E-state index in [9.17, 15) is 4.79 Å². The molecule has 3 heterocycles.